The molecule has 0 aromatic heterocycles. The zero-order valence-corrected chi connectivity index (χ0v) is 18.8. The van der Waals surface area contributed by atoms with Crippen LogP contribution in [0.5, 0.6) is 0 Å². The van der Waals surface area contributed by atoms with Gasteiger partial charge in [-0.3, -0.25) is 4.79 Å². The van der Waals surface area contributed by atoms with Crippen molar-refractivity contribution in [3.05, 3.63) is 59.7 Å². The van der Waals surface area contributed by atoms with Crippen LogP contribution < -0.4 is 5.32 Å². The summed E-state index contributed by atoms with van der Waals surface area (Å²) in [6, 6.07) is 14.8. The Morgan fingerprint density at radius 3 is 2.35 bits per heavy atom. The lowest BCUT2D eigenvalue weighted by Crippen LogP contribution is -2.55. The summed E-state index contributed by atoms with van der Waals surface area (Å²) < 4.78 is 11.2. The van der Waals surface area contributed by atoms with Crippen LogP contribution in [-0.4, -0.2) is 65.9 Å². The molecule has 2 heterocycles. The van der Waals surface area contributed by atoms with Crippen LogP contribution in [0.2, 0.25) is 0 Å². The fourth-order valence-corrected chi connectivity index (χ4v) is 5.39. The van der Waals surface area contributed by atoms with Crippen molar-refractivity contribution in [1.82, 2.24) is 10.2 Å². The number of amides is 2. The summed E-state index contributed by atoms with van der Waals surface area (Å²) in [7, 11) is 0. The molecule has 0 bridgehead atoms. The predicted molar refractivity (Wildman–Crippen MR) is 123 cm³/mol. The molecule has 5 rings (SSSR count). The number of carbonyl (C=O) groups excluding carboxylic acids is 2. The van der Waals surface area contributed by atoms with E-state index in [1.807, 2.05) is 24.3 Å². The summed E-state index contributed by atoms with van der Waals surface area (Å²) in [6.07, 6.45) is 0.911. The maximum Gasteiger partial charge on any atom is 0.407 e. The highest BCUT2D eigenvalue weighted by Crippen LogP contribution is 2.44. The van der Waals surface area contributed by atoms with Crippen LogP contribution in [0.25, 0.3) is 11.1 Å². The van der Waals surface area contributed by atoms with Crippen molar-refractivity contribution in [3.8, 4) is 11.1 Å². The monoisotopic (exact) mass is 464 g/mol. The van der Waals surface area contributed by atoms with Crippen LogP contribution in [-0.2, 0) is 19.1 Å². The van der Waals surface area contributed by atoms with Crippen molar-refractivity contribution in [2.45, 2.75) is 49.8 Å². The molecule has 34 heavy (non-hydrogen) atoms. The van der Waals surface area contributed by atoms with Crippen molar-refractivity contribution in [1.29, 1.82) is 0 Å². The van der Waals surface area contributed by atoms with Crippen LogP contribution >= 0.6 is 0 Å². The van der Waals surface area contributed by atoms with Gasteiger partial charge in [0.1, 0.15) is 12.6 Å². The Kier molecular flexibility index (Phi) is 6.24. The molecule has 1 aliphatic carbocycles. The van der Waals surface area contributed by atoms with Gasteiger partial charge in [-0.2, -0.15) is 0 Å². The fraction of sp³-hybridized carbons (Fsp3) is 0.423. The number of benzene rings is 2. The molecule has 3 aliphatic rings. The first-order chi connectivity index (χ1) is 16.5. The molecule has 2 N–H and O–H groups in total. The standard InChI is InChI=1S/C26H28N2O6/c29-24(28-13-6-5-11-22(28)25(30)31)23-21(12-14-33-23)27-26(32)34-15-20-18-9-3-1-7-16(18)17-8-2-4-10-19(17)20/h1-4,7-10,20-23H,5-6,11-15H2,(H,27,32)(H,30,31)/t21-,22?,23+/m1/s1. The van der Waals surface area contributed by atoms with E-state index in [1.54, 1.807) is 0 Å². The van der Waals surface area contributed by atoms with E-state index in [9.17, 15) is 19.5 Å². The van der Waals surface area contributed by atoms with Crippen LogP contribution in [0, 0.1) is 0 Å². The van der Waals surface area contributed by atoms with Gasteiger partial charge in [0.05, 0.1) is 6.04 Å². The van der Waals surface area contributed by atoms with E-state index in [0.29, 0.717) is 26.0 Å². The largest absolute Gasteiger partial charge is 0.480 e. The summed E-state index contributed by atoms with van der Waals surface area (Å²) in [4.78, 5) is 38.8. The first kappa shape index (κ1) is 22.4. The third-order valence-corrected chi connectivity index (χ3v) is 7.05. The van der Waals surface area contributed by atoms with Gasteiger partial charge in [-0.25, -0.2) is 9.59 Å². The van der Waals surface area contributed by atoms with Crippen molar-refractivity contribution in [2.24, 2.45) is 0 Å². The van der Waals surface area contributed by atoms with Crippen molar-refractivity contribution >= 4 is 18.0 Å². The Morgan fingerprint density at radius 2 is 1.68 bits per heavy atom. The van der Waals surface area contributed by atoms with Gasteiger partial charge in [-0.05, 0) is 47.9 Å². The number of piperidine rings is 1. The molecule has 0 saturated carbocycles. The Bertz CT molecular complexity index is 1060. The smallest absolute Gasteiger partial charge is 0.407 e. The molecule has 0 radical (unpaired) electrons. The Hall–Kier alpha value is -3.39. The number of fused-ring (bicyclic) bond motifs is 3. The van der Waals surface area contributed by atoms with Crippen molar-refractivity contribution < 1.29 is 29.0 Å². The number of hydrogen-bond donors (Lipinski definition) is 2. The van der Waals surface area contributed by atoms with E-state index in [0.717, 1.165) is 35.1 Å². The third kappa shape index (κ3) is 4.14. The van der Waals surface area contributed by atoms with Crippen LogP contribution in [0.1, 0.15) is 42.7 Å². The second-order valence-electron chi connectivity index (χ2n) is 9.04. The van der Waals surface area contributed by atoms with Gasteiger partial charge < -0.3 is 24.8 Å². The highest BCUT2D eigenvalue weighted by molar-refractivity contribution is 5.88. The maximum absolute atomic E-state index is 13.1. The number of aliphatic carboxylic acids is 1. The van der Waals surface area contributed by atoms with Gasteiger partial charge in [-0.1, -0.05) is 48.5 Å². The highest BCUT2D eigenvalue weighted by Gasteiger charge is 2.42. The number of ether oxygens (including phenoxy) is 2. The number of carboxylic acids is 1. The lowest BCUT2D eigenvalue weighted by atomic mass is 9.98. The number of carboxylic acid groups (broad SMARTS) is 1. The van der Waals surface area contributed by atoms with Gasteiger partial charge in [0.15, 0.2) is 6.10 Å². The van der Waals surface area contributed by atoms with E-state index in [4.69, 9.17) is 9.47 Å². The van der Waals surface area contributed by atoms with Crippen molar-refractivity contribution in [2.75, 3.05) is 19.8 Å². The summed E-state index contributed by atoms with van der Waals surface area (Å²) in [5.41, 5.74) is 4.55. The molecule has 1 unspecified atom stereocenters. The molecule has 2 saturated heterocycles. The average Bonchev–Trinajstić information content (AvgIpc) is 3.44. The second-order valence-corrected chi connectivity index (χ2v) is 9.04. The number of likely N-dealkylation sites (tertiary alicyclic amines) is 1. The molecule has 2 fully saturated rings. The summed E-state index contributed by atoms with van der Waals surface area (Å²) >= 11 is 0. The molecule has 0 spiro atoms. The zero-order valence-electron chi connectivity index (χ0n) is 18.8. The summed E-state index contributed by atoms with van der Waals surface area (Å²) in [5, 5.41) is 12.3. The fourth-order valence-electron chi connectivity index (χ4n) is 5.39. The Labute approximate surface area is 197 Å². The van der Waals surface area contributed by atoms with Gasteiger partial charge in [-0.15, -0.1) is 0 Å². The minimum atomic E-state index is -1.01. The van der Waals surface area contributed by atoms with Gasteiger partial charge in [0, 0.05) is 19.1 Å². The average molecular weight is 465 g/mol. The first-order valence-corrected chi connectivity index (χ1v) is 11.8. The van der Waals surface area contributed by atoms with Gasteiger partial charge >= 0.3 is 12.1 Å². The molecule has 2 aliphatic heterocycles. The number of nitrogens with one attached hydrogen (secondary N) is 1. The minimum absolute atomic E-state index is 0.0555. The highest BCUT2D eigenvalue weighted by atomic mass is 16.6. The van der Waals surface area contributed by atoms with E-state index in [-0.39, 0.29) is 18.4 Å². The Balaban J connectivity index is 1.23. The van der Waals surface area contributed by atoms with Gasteiger partial charge in [0.25, 0.3) is 5.91 Å². The molecular formula is C26H28N2O6. The van der Waals surface area contributed by atoms with Crippen molar-refractivity contribution in [3.63, 3.8) is 0 Å². The minimum Gasteiger partial charge on any atom is -0.480 e. The molecule has 178 valence electrons. The lowest BCUT2D eigenvalue weighted by Gasteiger charge is -2.35. The second kappa shape index (κ2) is 9.46. The van der Waals surface area contributed by atoms with Gasteiger partial charge in [0.2, 0.25) is 0 Å². The van der Waals surface area contributed by atoms with E-state index in [1.165, 1.54) is 4.90 Å². The molecule has 8 heteroatoms. The van der Waals surface area contributed by atoms with E-state index >= 15 is 0 Å². The molecule has 2 aromatic rings. The van der Waals surface area contributed by atoms with E-state index in [2.05, 4.69) is 29.6 Å². The molecule has 3 atom stereocenters. The first-order valence-electron chi connectivity index (χ1n) is 11.8. The van der Waals surface area contributed by atoms with Crippen LogP contribution in [0.3, 0.4) is 0 Å². The normalized spacial score (nSPS) is 23.8. The molecule has 8 nitrogen and oxygen atoms in total. The Morgan fingerprint density at radius 1 is 1.00 bits per heavy atom. The number of alkyl carbamates (subject to hydrolysis) is 1. The number of hydrogen-bond acceptors (Lipinski definition) is 5. The quantitative estimate of drug-likeness (QED) is 0.704. The summed E-state index contributed by atoms with van der Waals surface area (Å²) in [5.74, 6) is -1.44. The predicted octanol–water partition coefficient (Wildman–Crippen LogP) is 3.15. The SMILES string of the molecule is O=C(N[C@@H]1CCO[C@@H]1C(=O)N1CCCCC1C(=O)O)OCC1c2ccccc2-c2ccccc21. The van der Waals surface area contributed by atoms with Crippen LogP contribution in [0.4, 0.5) is 4.79 Å². The number of rotatable bonds is 5. The number of carbonyl (C=O) groups is 3. The topological polar surface area (TPSA) is 105 Å². The van der Waals surface area contributed by atoms with Crippen LogP contribution in [0.15, 0.2) is 48.5 Å². The molecule has 2 aromatic carbocycles. The zero-order chi connectivity index (χ0) is 23.7. The lowest BCUT2D eigenvalue weighted by molar-refractivity contribution is -0.157. The third-order valence-electron chi connectivity index (χ3n) is 7.05. The van der Waals surface area contributed by atoms with E-state index < -0.39 is 30.3 Å². The number of nitrogens with zero attached hydrogens (tertiary/aromatic N) is 1. The molecule has 2 amide bonds. The summed E-state index contributed by atoms with van der Waals surface area (Å²) in [6.45, 7) is 0.878. The maximum atomic E-state index is 13.1. The molecular weight excluding hydrogens is 436 g/mol.